The molecule has 1 fully saturated rings. The Kier molecular flexibility index (Phi) is 5.46. The summed E-state index contributed by atoms with van der Waals surface area (Å²) in [5, 5.41) is 2.61. The van der Waals surface area contributed by atoms with E-state index >= 15 is 0 Å². The summed E-state index contributed by atoms with van der Waals surface area (Å²) in [6.07, 6.45) is -2.52. The van der Waals surface area contributed by atoms with E-state index < -0.39 is 19.1 Å². The molecule has 1 aliphatic heterocycles. The number of ether oxygens (including phenoxy) is 1. The fraction of sp³-hybridized carbons (Fsp3) is 0.818. The third-order valence-corrected chi connectivity index (χ3v) is 2.64. The third-order valence-electron chi connectivity index (χ3n) is 2.64. The summed E-state index contributed by atoms with van der Waals surface area (Å²) in [5.74, 6) is -0.432. The van der Waals surface area contributed by atoms with Crippen molar-refractivity contribution in [3.63, 3.8) is 0 Å². The van der Waals surface area contributed by atoms with Gasteiger partial charge in [-0.1, -0.05) is 13.8 Å². The molecule has 1 rings (SSSR count). The maximum atomic E-state index is 11.9. The summed E-state index contributed by atoms with van der Waals surface area (Å²) in [7, 11) is 0. The number of nitrogens with zero attached hydrogens (tertiary/aromatic N) is 1. The van der Waals surface area contributed by atoms with Gasteiger partial charge in [0.15, 0.2) is 0 Å². The lowest BCUT2D eigenvalue weighted by Crippen LogP contribution is -2.60. The fourth-order valence-corrected chi connectivity index (χ4v) is 1.72. The van der Waals surface area contributed by atoms with Gasteiger partial charge in [0.05, 0.1) is 13.2 Å². The van der Waals surface area contributed by atoms with Crippen LogP contribution < -0.4 is 5.32 Å². The van der Waals surface area contributed by atoms with E-state index in [1.807, 2.05) is 13.8 Å². The first-order valence-corrected chi connectivity index (χ1v) is 5.86. The number of halogens is 2. The first-order chi connectivity index (χ1) is 8.41. The molecule has 0 spiro atoms. The number of rotatable bonds is 6. The highest BCUT2D eigenvalue weighted by atomic mass is 19.3. The summed E-state index contributed by atoms with van der Waals surface area (Å²) >= 11 is 0. The van der Waals surface area contributed by atoms with Gasteiger partial charge in [-0.2, -0.15) is 0 Å². The molecule has 0 aromatic heterocycles. The zero-order chi connectivity index (χ0) is 13.7. The van der Waals surface area contributed by atoms with Gasteiger partial charge in [0.2, 0.25) is 11.8 Å². The van der Waals surface area contributed by atoms with E-state index in [4.69, 9.17) is 4.74 Å². The van der Waals surface area contributed by atoms with E-state index in [1.165, 1.54) is 4.90 Å². The zero-order valence-electron chi connectivity index (χ0n) is 10.5. The molecule has 2 amide bonds. The number of carbonyl (C=O) groups excluding carboxylic acids is 2. The molecule has 0 bridgehead atoms. The van der Waals surface area contributed by atoms with Gasteiger partial charge in [0, 0.05) is 6.54 Å². The van der Waals surface area contributed by atoms with Crippen molar-refractivity contribution in [3.05, 3.63) is 0 Å². The van der Waals surface area contributed by atoms with Crippen LogP contribution in [-0.4, -0.2) is 55.5 Å². The summed E-state index contributed by atoms with van der Waals surface area (Å²) in [4.78, 5) is 24.7. The quantitative estimate of drug-likeness (QED) is 0.700. The second kappa shape index (κ2) is 6.63. The van der Waals surface area contributed by atoms with Crippen molar-refractivity contribution >= 4 is 11.8 Å². The first kappa shape index (κ1) is 14.8. The lowest BCUT2D eigenvalue weighted by atomic mass is 10.0. The molecule has 104 valence electrons. The average molecular weight is 264 g/mol. The van der Waals surface area contributed by atoms with E-state index in [-0.39, 0.29) is 37.4 Å². The highest BCUT2D eigenvalue weighted by molar-refractivity contribution is 5.94. The average Bonchev–Trinajstić information content (AvgIpc) is 2.27. The first-order valence-electron chi connectivity index (χ1n) is 5.86. The van der Waals surface area contributed by atoms with Gasteiger partial charge in [-0.15, -0.1) is 0 Å². The molecule has 7 heteroatoms. The Hall–Kier alpha value is -1.24. The van der Waals surface area contributed by atoms with Crippen molar-refractivity contribution in [2.75, 3.05) is 26.3 Å². The third kappa shape index (κ3) is 4.21. The molecule has 0 aromatic rings. The van der Waals surface area contributed by atoms with Crippen molar-refractivity contribution in [2.24, 2.45) is 5.92 Å². The molecule has 0 aromatic carbocycles. The van der Waals surface area contributed by atoms with Gasteiger partial charge in [-0.05, 0) is 5.92 Å². The number of carbonyl (C=O) groups is 2. The fourth-order valence-electron chi connectivity index (χ4n) is 1.72. The van der Waals surface area contributed by atoms with Crippen LogP contribution in [0.1, 0.15) is 13.8 Å². The van der Waals surface area contributed by atoms with Crippen molar-refractivity contribution in [2.45, 2.75) is 26.3 Å². The zero-order valence-corrected chi connectivity index (χ0v) is 10.5. The van der Waals surface area contributed by atoms with Crippen molar-refractivity contribution in [3.8, 4) is 0 Å². The molecule has 5 nitrogen and oxygen atoms in total. The summed E-state index contributed by atoms with van der Waals surface area (Å²) < 4.78 is 28.4. The number of hydrogen-bond acceptors (Lipinski definition) is 3. The molecular weight excluding hydrogens is 246 g/mol. The Bertz CT molecular complexity index is 311. The second-order valence-electron chi connectivity index (χ2n) is 4.51. The Labute approximate surface area is 104 Å². The number of alkyl halides is 2. The molecule has 1 saturated heterocycles. The molecule has 1 aliphatic rings. The number of hydrogen-bond donors (Lipinski definition) is 1. The maximum absolute atomic E-state index is 11.9. The van der Waals surface area contributed by atoms with Gasteiger partial charge in [0.25, 0.3) is 6.43 Å². The Balaban J connectivity index is 2.43. The van der Waals surface area contributed by atoms with Crippen LogP contribution in [0.4, 0.5) is 8.78 Å². The normalized spacial score (nSPS) is 20.8. The summed E-state index contributed by atoms with van der Waals surface area (Å²) in [5.41, 5.74) is 0. The topological polar surface area (TPSA) is 58.6 Å². The highest BCUT2D eigenvalue weighted by Crippen LogP contribution is 2.10. The van der Waals surface area contributed by atoms with E-state index in [9.17, 15) is 18.4 Å². The van der Waals surface area contributed by atoms with Crippen LogP contribution in [-0.2, 0) is 14.3 Å². The van der Waals surface area contributed by atoms with Crippen LogP contribution in [0.3, 0.4) is 0 Å². The van der Waals surface area contributed by atoms with Crippen LogP contribution >= 0.6 is 0 Å². The van der Waals surface area contributed by atoms with Gasteiger partial charge < -0.3 is 15.0 Å². The van der Waals surface area contributed by atoms with Gasteiger partial charge in [-0.3, -0.25) is 9.59 Å². The van der Waals surface area contributed by atoms with Crippen LogP contribution in [0.5, 0.6) is 0 Å². The van der Waals surface area contributed by atoms with Crippen LogP contribution in [0, 0.1) is 5.92 Å². The van der Waals surface area contributed by atoms with Crippen LogP contribution in [0.15, 0.2) is 0 Å². The summed E-state index contributed by atoms with van der Waals surface area (Å²) in [6, 6.07) is -0.540. The number of piperazine rings is 1. The molecular formula is C11H18F2N2O3. The van der Waals surface area contributed by atoms with Gasteiger partial charge >= 0.3 is 0 Å². The predicted octanol–water partition coefficient (Wildman–Crippen LogP) is 0.251. The minimum atomic E-state index is -2.52. The SMILES string of the molecule is CC(C)C1NC(=O)CN(CCOCC(F)F)C1=O. The number of nitrogens with one attached hydrogen (secondary N) is 1. The second-order valence-corrected chi connectivity index (χ2v) is 4.51. The number of amides is 2. The van der Waals surface area contributed by atoms with Crippen molar-refractivity contribution < 1.29 is 23.1 Å². The Morgan fingerprint density at radius 3 is 2.67 bits per heavy atom. The van der Waals surface area contributed by atoms with Gasteiger partial charge in [-0.25, -0.2) is 8.78 Å². The highest BCUT2D eigenvalue weighted by Gasteiger charge is 2.34. The molecule has 1 atom stereocenters. The molecule has 1 N–H and O–H groups in total. The summed E-state index contributed by atoms with van der Waals surface area (Å²) in [6.45, 7) is 3.14. The monoisotopic (exact) mass is 264 g/mol. The Morgan fingerprint density at radius 2 is 2.11 bits per heavy atom. The van der Waals surface area contributed by atoms with Gasteiger partial charge in [0.1, 0.15) is 12.6 Å². The molecule has 0 aliphatic carbocycles. The van der Waals surface area contributed by atoms with E-state index in [0.717, 1.165) is 0 Å². The van der Waals surface area contributed by atoms with E-state index in [0.29, 0.717) is 0 Å². The molecule has 0 saturated carbocycles. The molecule has 1 heterocycles. The van der Waals surface area contributed by atoms with Crippen molar-refractivity contribution in [1.82, 2.24) is 10.2 Å². The largest absolute Gasteiger partial charge is 0.374 e. The molecule has 18 heavy (non-hydrogen) atoms. The van der Waals surface area contributed by atoms with E-state index in [2.05, 4.69) is 5.32 Å². The molecule has 1 unspecified atom stereocenters. The minimum absolute atomic E-state index is 0.00811. The molecule has 0 radical (unpaired) electrons. The maximum Gasteiger partial charge on any atom is 0.261 e. The minimum Gasteiger partial charge on any atom is -0.374 e. The Morgan fingerprint density at radius 1 is 1.44 bits per heavy atom. The van der Waals surface area contributed by atoms with Crippen molar-refractivity contribution in [1.29, 1.82) is 0 Å². The smallest absolute Gasteiger partial charge is 0.261 e. The van der Waals surface area contributed by atoms with Crippen LogP contribution in [0.2, 0.25) is 0 Å². The predicted molar refractivity (Wildman–Crippen MR) is 60.2 cm³/mol. The van der Waals surface area contributed by atoms with Crippen LogP contribution in [0.25, 0.3) is 0 Å². The standard InChI is InChI=1S/C11H18F2N2O3/c1-7(2)10-11(17)15(5-9(16)14-10)3-4-18-6-8(12)13/h7-8,10H,3-6H2,1-2H3,(H,14,16). The van der Waals surface area contributed by atoms with E-state index in [1.54, 1.807) is 0 Å². The lowest BCUT2D eigenvalue weighted by Gasteiger charge is -2.34. The lowest BCUT2D eigenvalue weighted by molar-refractivity contribution is -0.146.